The van der Waals surface area contributed by atoms with Gasteiger partial charge in [-0.1, -0.05) is 46.3 Å². The van der Waals surface area contributed by atoms with Crippen LogP contribution in [-0.2, 0) is 0 Å². The van der Waals surface area contributed by atoms with Crippen LogP contribution < -0.4 is 0 Å². The monoisotopic (exact) mass is 429 g/mol. The average Bonchev–Trinajstić information content (AvgIpc) is 2.98. The van der Waals surface area contributed by atoms with Crippen LogP contribution in [0.15, 0.2) is 53.0 Å². The highest BCUT2D eigenvalue weighted by Gasteiger charge is 2.30. The van der Waals surface area contributed by atoms with E-state index in [1.165, 1.54) is 16.7 Å². The van der Waals surface area contributed by atoms with Gasteiger partial charge in [0.05, 0.1) is 5.69 Å². The van der Waals surface area contributed by atoms with Crippen molar-refractivity contribution in [1.29, 1.82) is 0 Å². The first-order valence-electron chi connectivity index (χ1n) is 8.34. The zero-order valence-electron chi connectivity index (χ0n) is 14.7. The number of hydrogen-bond donors (Lipinski definition) is 1. The van der Waals surface area contributed by atoms with Crippen LogP contribution >= 0.6 is 15.9 Å². The minimum atomic E-state index is -1.13. The lowest BCUT2D eigenvalue weighted by molar-refractivity contribution is 0.0684. The van der Waals surface area contributed by atoms with E-state index in [0.717, 1.165) is 0 Å². The van der Waals surface area contributed by atoms with E-state index in [-0.39, 0.29) is 17.4 Å². The molecule has 0 aliphatic rings. The van der Waals surface area contributed by atoms with Crippen molar-refractivity contribution in [1.82, 2.24) is 4.57 Å². The summed E-state index contributed by atoms with van der Waals surface area (Å²) in [5.74, 6) is -1.54. The van der Waals surface area contributed by atoms with Crippen molar-refractivity contribution in [2.75, 3.05) is 0 Å². The number of aromatic nitrogens is 1. The smallest absolute Gasteiger partial charge is 0.353 e. The van der Waals surface area contributed by atoms with Gasteiger partial charge in [-0.2, -0.15) is 0 Å². The van der Waals surface area contributed by atoms with E-state index in [4.69, 9.17) is 0 Å². The zero-order chi connectivity index (χ0) is 19.7. The van der Waals surface area contributed by atoms with Crippen LogP contribution in [0.3, 0.4) is 0 Å². The summed E-state index contributed by atoms with van der Waals surface area (Å²) in [7, 11) is 0. The summed E-state index contributed by atoms with van der Waals surface area (Å²) in [6.07, 6.45) is 0.658. The fourth-order valence-electron chi connectivity index (χ4n) is 3.30. The molecule has 138 valence electrons. The van der Waals surface area contributed by atoms with Crippen LogP contribution in [0.4, 0.5) is 4.39 Å². The Balaban J connectivity index is 2.52. The predicted molar refractivity (Wildman–Crippen MR) is 106 cm³/mol. The number of carbonyl (C=O) groups is 2. The third-order valence-electron chi connectivity index (χ3n) is 4.35. The van der Waals surface area contributed by atoms with Crippen LogP contribution in [-0.4, -0.2) is 21.9 Å². The number of carboxylic acids is 1. The molecule has 0 atom stereocenters. The maximum Gasteiger partial charge on any atom is 0.353 e. The summed E-state index contributed by atoms with van der Waals surface area (Å²) in [4.78, 5) is 24.2. The van der Waals surface area contributed by atoms with Crippen LogP contribution in [0, 0.1) is 5.82 Å². The molecule has 0 aliphatic heterocycles. The largest absolute Gasteiger partial charge is 0.477 e. The Labute approximate surface area is 164 Å². The number of benzene rings is 2. The zero-order valence-corrected chi connectivity index (χ0v) is 16.3. The van der Waals surface area contributed by atoms with Gasteiger partial charge in [-0.25, -0.2) is 9.18 Å². The molecule has 0 fully saturated rings. The molecule has 0 aliphatic carbocycles. The van der Waals surface area contributed by atoms with Gasteiger partial charge >= 0.3 is 5.97 Å². The molecule has 0 unspecified atom stereocenters. The van der Waals surface area contributed by atoms with Gasteiger partial charge in [0.15, 0.2) is 6.29 Å². The fourth-order valence-corrected chi connectivity index (χ4v) is 3.79. The number of nitrogens with zero attached hydrogens (tertiary/aromatic N) is 1. The lowest BCUT2D eigenvalue weighted by Gasteiger charge is -2.13. The van der Waals surface area contributed by atoms with E-state index >= 15 is 0 Å². The number of rotatable bonds is 5. The van der Waals surface area contributed by atoms with Gasteiger partial charge in [-0.05, 0) is 43.2 Å². The van der Waals surface area contributed by atoms with Crippen molar-refractivity contribution < 1.29 is 19.1 Å². The number of hydrogen-bond acceptors (Lipinski definition) is 2. The van der Waals surface area contributed by atoms with E-state index in [2.05, 4.69) is 15.9 Å². The minimum Gasteiger partial charge on any atom is -0.477 e. The number of aldehydes is 1. The van der Waals surface area contributed by atoms with Crippen molar-refractivity contribution in [2.24, 2.45) is 0 Å². The number of carboxylic acid groups (broad SMARTS) is 1. The van der Waals surface area contributed by atoms with Crippen molar-refractivity contribution in [3.63, 3.8) is 0 Å². The van der Waals surface area contributed by atoms with Gasteiger partial charge in [0.2, 0.25) is 0 Å². The maximum atomic E-state index is 13.4. The molecule has 4 nitrogen and oxygen atoms in total. The van der Waals surface area contributed by atoms with Crippen molar-refractivity contribution in [2.45, 2.75) is 19.9 Å². The molecule has 0 amide bonds. The first-order valence-corrected chi connectivity index (χ1v) is 9.13. The molecule has 3 rings (SSSR count). The van der Waals surface area contributed by atoms with Crippen molar-refractivity contribution in [3.8, 4) is 22.3 Å². The summed E-state index contributed by atoms with van der Waals surface area (Å²) in [5, 5.41) is 9.96. The normalized spacial score (nSPS) is 11.0. The van der Waals surface area contributed by atoms with E-state index in [1.54, 1.807) is 24.3 Å². The maximum absolute atomic E-state index is 13.4. The third-order valence-corrected chi connectivity index (χ3v) is 5.04. The molecule has 0 spiro atoms. The Bertz CT molecular complexity index is 1020. The quantitative estimate of drug-likeness (QED) is 0.520. The molecule has 0 saturated carbocycles. The van der Waals surface area contributed by atoms with Gasteiger partial charge in [-0.15, -0.1) is 0 Å². The second-order valence-electron chi connectivity index (χ2n) is 6.36. The molecule has 0 bridgehead atoms. The molecule has 3 aromatic rings. The van der Waals surface area contributed by atoms with Crippen molar-refractivity contribution >= 4 is 28.2 Å². The Hall–Kier alpha value is -2.73. The number of aromatic carboxylic acids is 1. The van der Waals surface area contributed by atoms with E-state index in [1.807, 2.05) is 26.0 Å². The first-order chi connectivity index (χ1) is 12.9. The molecule has 6 heteroatoms. The lowest BCUT2D eigenvalue weighted by atomic mass is 9.95. The molecular formula is C21H17BrFNO3. The average molecular weight is 430 g/mol. The summed E-state index contributed by atoms with van der Waals surface area (Å²) in [6, 6.07) is 12.6. The third kappa shape index (κ3) is 3.32. The summed E-state index contributed by atoms with van der Waals surface area (Å²) in [6.45, 7) is 3.63. The van der Waals surface area contributed by atoms with E-state index < -0.39 is 11.8 Å². The van der Waals surface area contributed by atoms with Gasteiger partial charge in [-0.3, -0.25) is 4.79 Å². The van der Waals surface area contributed by atoms with Crippen LogP contribution in [0.1, 0.15) is 40.9 Å². The van der Waals surface area contributed by atoms with Crippen LogP contribution in [0.2, 0.25) is 0 Å². The van der Waals surface area contributed by atoms with E-state index in [0.29, 0.717) is 33.0 Å². The molecule has 1 N–H and O–H groups in total. The molecule has 0 saturated heterocycles. The Morgan fingerprint density at radius 1 is 1.11 bits per heavy atom. The molecule has 1 heterocycles. The SMILES string of the molecule is CC(C)n1c(C=O)c(-c2ccc(F)cc2)c(-c2ccccc2Br)c1C(=O)O. The standard InChI is InChI=1S/C21H17BrFNO3/c1-12(2)24-17(11-25)18(13-7-9-14(23)10-8-13)19(20(24)21(26)27)15-5-3-4-6-16(15)22/h3-12H,1-2H3,(H,26,27). The predicted octanol–water partition coefficient (Wildman–Crippen LogP) is 5.82. The van der Waals surface area contributed by atoms with Crippen LogP contribution in [0.5, 0.6) is 0 Å². The highest BCUT2D eigenvalue weighted by molar-refractivity contribution is 9.10. The topological polar surface area (TPSA) is 59.3 Å². The first kappa shape index (κ1) is 19.0. The molecule has 0 radical (unpaired) electrons. The summed E-state index contributed by atoms with van der Waals surface area (Å²) < 4.78 is 15.7. The lowest BCUT2D eigenvalue weighted by Crippen LogP contribution is -2.13. The molecule has 2 aromatic carbocycles. The summed E-state index contributed by atoms with van der Waals surface area (Å²) in [5.41, 5.74) is 2.40. The van der Waals surface area contributed by atoms with Gasteiger partial charge < -0.3 is 9.67 Å². The van der Waals surface area contributed by atoms with E-state index in [9.17, 15) is 19.1 Å². The highest BCUT2D eigenvalue weighted by atomic mass is 79.9. The number of halogens is 2. The van der Waals surface area contributed by atoms with Gasteiger partial charge in [0.25, 0.3) is 0 Å². The van der Waals surface area contributed by atoms with Gasteiger partial charge in [0, 0.05) is 21.6 Å². The molecular weight excluding hydrogens is 413 g/mol. The second-order valence-corrected chi connectivity index (χ2v) is 7.21. The molecule has 1 aromatic heterocycles. The fraction of sp³-hybridized carbons (Fsp3) is 0.143. The minimum absolute atomic E-state index is 0.0262. The highest BCUT2D eigenvalue weighted by Crippen LogP contribution is 2.43. The van der Waals surface area contributed by atoms with Gasteiger partial charge in [0.1, 0.15) is 11.5 Å². The number of carbonyl (C=O) groups excluding carboxylic acids is 1. The Kier molecular flexibility index (Phi) is 5.28. The summed E-state index contributed by atoms with van der Waals surface area (Å²) >= 11 is 3.48. The van der Waals surface area contributed by atoms with Crippen molar-refractivity contribution in [3.05, 3.63) is 70.2 Å². The second kappa shape index (κ2) is 7.48. The van der Waals surface area contributed by atoms with Crippen LogP contribution in [0.25, 0.3) is 22.3 Å². The Morgan fingerprint density at radius 3 is 2.26 bits per heavy atom. The Morgan fingerprint density at radius 2 is 1.74 bits per heavy atom. The molecule has 27 heavy (non-hydrogen) atoms.